The van der Waals surface area contributed by atoms with E-state index in [1.54, 1.807) is 0 Å². The van der Waals surface area contributed by atoms with Gasteiger partial charge in [-0.1, -0.05) is 44.9 Å². The van der Waals surface area contributed by atoms with Gasteiger partial charge >= 0.3 is 11.9 Å². The molecule has 2 saturated carbocycles. The Morgan fingerprint density at radius 3 is 1.39 bits per heavy atom. The van der Waals surface area contributed by atoms with Gasteiger partial charge in [-0.2, -0.15) is 0 Å². The number of cyclic esters (lactones) is 2. The predicted octanol–water partition coefficient (Wildman–Crippen LogP) is 3.36. The summed E-state index contributed by atoms with van der Waals surface area (Å²) in [6.07, 6.45) is 11.9. The molecule has 1 saturated heterocycles. The van der Waals surface area contributed by atoms with E-state index < -0.39 is 10.8 Å². The summed E-state index contributed by atoms with van der Waals surface area (Å²) in [6.45, 7) is 0. The summed E-state index contributed by atoms with van der Waals surface area (Å²) in [4.78, 5) is 24.2. The molecule has 3 heteroatoms. The maximum atomic E-state index is 12.1. The highest BCUT2D eigenvalue weighted by Crippen LogP contribution is 2.66. The molecule has 0 radical (unpaired) electrons. The van der Waals surface area contributed by atoms with E-state index in [1.807, 2.05) is 0 Å². The van der Waals surface area contributed by atoms with Crippen molar-refractivity contribution in [2.75, 3.05) is 0 Å². The highest BCUT2D eigenvalue weighted by Gasteiger charge is 2.72. The molecule has 0 N–H and O–H groups in total. The number of hydrogen-bond acceptors (Lipinski definition) is 3. The van der Waals surface area contributed by atoms with E-state index in [0.29, 0.717) is 0 Å². The van der Waals surface area contributed by atoms with Crippen LogP contribution in [0.1, 0.15) is 70.6 Å². The van der Waals surface area contributed by atoms with E-state index in [4.69, 9.17) is 4.74 Å². The normalized spacial score (nSPS) is 41.1. The molecule has 3 fully saturated rings. The predicted molar refractivity (Wildman–Crippen MR) is 66.8 cm³/mol. The van der Waals surface area contributed by atoms with E-state index >= 15 is 0 Å². The number of rotatable bonds is 0. The number of carbonyl (C=O) groups excluding carboxylic acids is 2. The molecule has 3 nitrogen and oxygen atoms in total. The van der Waals surface area contributed by atoms with Gasteiger partial charge in [-0.15, -0.1) is 0 Å². The molecule has 0 spiro atoms. The first-order valence-corrected chi connectivity index (χ1v) is 7.48. The van der Waals surface area contributed by atoms with Gasteiger partial charge in [0.15, 0.2) is 0 Å². The van der Waals surface area contributed by atoms with Crippen molar-refractivity contribution in [1.82, 2.24) is 0 Å². The molecule has 1 aliphatic heterocycles. The molecular formula is C15H22O3. The first kappa shape index (κ1) is 12.2. The van der Waals surface area contributed by atoms with Crippen molar-refractivity contribution in [2.45, 2.75) is 70.6 Å². The molecule has 0 aromatic carbocycles. The third-order valence-electron chi connectivity index (χ3n) is 5.57. The summed E-state index contributed by atoms with van der Waals surface area (Å²) in [5, 5.41) is 0. The van der Waals surface area contributed by atoms with E-state index in [0.717, 1.165) is 38.5 Å². The van der Waals surface area contributed by atoms with Crippen LogP contribution in [0.3, 0.4) is 0 Å². The molecule has 1 heterocycles. The second-order valence-corrected chi connectivity index (χ2v) is 6.32. The largest absolute Gasteiger partial charge is 0.392 e. The Hall–Kier alpha value is -0.860. The Kier molecular flexibility index (Phi) is 2.95. The number of ether oxygens (including phenoxy) is 1. The lowest BCUT2D eigenvalue weighted by molar-refractivity contribution is -0.155. The Morgan fingerprint density at radius 1 is 0.611 bits per heavy atom. The Labute approximate surface area is 108 Å². The quantitative estimate of drug-likeness (QED) is 0.489. The Balaban J connectivity index is 1.86. The summed E-state index contributed by atoms with van der Waals surface area (Å²) >= 11 is 0. The van der Waals surface area contributed by atoms with Gasteiger partial charge in [-0.25, -0.2) is 0 Å². The third kappa shape index (κ3) is 1.49. The lowest BCUT2D eigenvalue weighted by atomic mass is 9.47. The number of hydrogen-bond donors (Lipinski definition) is 0. The maximum Gasteiger partial charge on any atom is 0.320 e. The van der Waals surface area contributed by atoms with Crippen LogP contribution in [0.15, 0.2) is 0 Å². The van der Waals surface area contributed by atoms with Crippen molar-refractivity contribution in [1.29, 1.82) is 0 Å². The van der Waals surface area contributed by atoms with E-state index in [9.17, 15) is 9.59 Å². The average molecular weight is 250 g/mol. The van der Waals surface area contributed by atoms with Crippen LogP contribution in [-0.2, 0) is 14.3 Å². The van der Waals surface area contributed by atoms with Crippen LogP contribution in [0.4, 0.5) is 0 Å². The highest BCUT2D eigenvalue weighted by atomic mass is 16.6. The second kappa shape index (κ2) is 4.36. The van der Waals surface area contributed by atoms with E-state index in [1.165, 1.54) is 32.1 Å². The van der Waals surface area contributed by atoms with Gasteiger partial charge in [-0.05, 0) is 25.7 Å². The van der Waals surface area contributed by atoms with Crippen LogP contribution in [0.25, 0.3) is 0 Å². The first-order valence-electron chi connectivity index (χ1n) is 7.48. The lowest BCUT2D eigenvalue weighted by Gasteiger charge is -2.50. The average Bonchev–Trinajstić information content (AvgIpc) is 2.45. The van der Waals surface area contributed by atoms with Gasteiger partial charge in [0.05, 0.1) is 10.8 Å². The number of esters is 2. The van der Waals surface area contributed by atoms with Crippen molar-refractivity contribution in [3.63, 3.8) is 0 Å². The van der Waals surface area contributed by atoms with Crippen LogP contribution < -0.4 is 0 Å². The van der Waals surface area contributed by atoms with Crippen LogP contribution in [-0.4, -0.2) is 11.9 Å². The van der Waals surface area contributed by atoms with Crippen molar-refractivity contribution in [3.05, 3.63) is 0 Å². The fourth-order valence-electron chi connectivity index (χ4n) is 4.27. The first-order chi connectivity index (χ1) is 8.71. The zero-order valence-electron chi connectivity index (χ0n) is 11.0. The highest BCUT2D eigenvalue weighted by molar-refractivity contribution is 6.03. The molecule has 0 unspecified atom stereocenters. The summed E-state index contributed by atoms with van der Waals surface area (Å²) < 4.78 is 5.02. The van der Waals surface area contributed by atoms with Crippen molar-refractivity contribution >= 4 is 11.9 Å². The van der Waals surface area contributed by atoms with Gasteiger partial charge in [0.2, 0.25) is 0 Å². The molecule has 2 aliphatic carbocycles. The Morgan fingerprint density at radius 2 is 1.00 bits per heavy atom. The van der Waals surface area contributed by atoms with Gasteiger partial charge < -0.3 is 4.74 Å². The zero-order valence-corrected chi connectivity index (χ0v) is 11.0. The van der Waals surface area contributed by atoms with Gasteiger partial charge in [0.1, 0.15) is 0 Å². The van der Waals surface area contributed by atoms with Gasteiger partial charge in [0.25, 0.3) is 0 Å². The van der Waals surface area contributed by atoms with Crippen LogP contribution in [0.5, 0.6) is 0 Å². The molecule has 0 aromatic rings. The Bertz CT molecular complexity index is 342. The van der Waals surface area contributed by atoms with E-state index in [-0.39, 0.29) is 11.9 Å². The summed E-state index contributed by atoms with van der Waals surface area (Å²) in [5.41, 5.74) is -0.844. The molecule has 0 aromatic heterocycles. The second-order valence-electron chi connectivity index (χ2n) is 6.32. The monoisotopic (exact) mass is 250 g/mol. The molecule has 3 rings (SSSR count). The summed E-state index contributed by atoms with van der Waals surface area (Å²) in [5.74, 6) is -0.420. The lowest BCUT2D eigenvalue weighted by Crippen LogP contribution is -2.53. The molecule has 100 valence electrons. The van der Waals surface area contributed by atoms with E-state index in [2.05, 4.69) is 0 Å². The smallest absolute Gasteiger partial charge is 0.320 e. The van der Waals surface area contributed by atoms with Gasteiger partial charge in [-0.3, -0.25) is 9.59 Å². The number of carbonyl (C=O) groups is 2. The fraction of sp³-hybridized carbons (Fsp3) is 0.867. The molecule has 0 bridgehead atoms. The summed E-state index contributed by atoms with van der Waals surface area (Å²) in [6, 6.07) is 0. The minimum atomic E-state index is -0.422. The molecular weight excluding hydrogens is 228 g/mol. The third-order valence-corrected chi connectivity index (χ3v) is 5.57. The van der Waals surface area contributed by atoms with Crippen molar-refractivity contribution in [3.8, 4) is 0 Å². The van der Waals surface area contributed by atoms with Crippen LogP contribution in [0, 0.1) is 10.8 Å². The van der Waals surface area contributed by atoms with Gasteiger partial charge in [0, 0.05) is 0 Å². The SMILES string of the molecule is O=C1OC(=O)[C@@]23CCCCCCCCC[C@]12CC3. The van der Waals surface area contributed by atoms with Crippen LogP contribution in [0.2, 0.25) is 0 Å². The molecule has 3 aliphatic rings. The topological polar surface area (TPSA) is 43.4 Å². The minimum absolute atomic E-state index is 0.210. The fourth-order valence-corrected chi connectivity index (χ4v) is 4.27. The maximum absolute atomic E-state index is 12.1. The summed E-state index contributed by atoms with van der Waals surface area (Å²) in [7, 11) is 0. The van der Waals surface area contributed by atoms with Crippen LogP contribution >= 0.6 is 0 Å². The molecule has 18 heavy (non-hydrogen) atoms. The minimum Gasteiger partial charge on any atom is -0.392 e. The molecule has 0 amide bonds. The zero-order chi connectivity index (χ0) is 12.6. The molecule has 2 atom stereocenters. The van der Waals surface area contributed by atoms with Crippen molar-refractivity contribution < 1.29 is 14.3 Å². The van der Waals surface area contributed by atoms with Crippen molar-refractivity contribution in [2.24, 2.45) is 10.8 Å². The standard InChI is InChI=1S/C15H22O3/c16-12-14-8-6-4-2-1-3-5-7-9-15(14,11-10-14)13(17)18-12/h1-11H2/t14-,15-/m0/s1.